The van der Waals surface area contributed by atoms with Crippen LogP contribution < -0.4 is 16.2 Å². The molecule has 0 saturated carbocycles. The van der Waals surface area contributed by atoms with Crippen molar-refractivity contribution in [2.45, 2.75) is 19.0 Å². The summed E-state index contributed by atoms with van der Waals surface area (Å²) in [4.78, 5) is 15.3. The van der Waals surface area contributed by atoms with Gasteiger partial charge in [0.15, 0.2) is 0 Å². The standard InChI is InChI=1S/C21H27FN4O3/c1-14-2-7-19(29-14)18(26-8-10-28-11-9-26)13-23-21(27)17-12-24-25-20(17)15-3-5-16(22)6-4-15/h2-7,17-18,20,24-25H,8-13H2,1H3,(H,23,27). The molecule has 4 rings (SSSR count). The summed E-state index contributed by atoms with van der Waals surface area (Å²) in [5.41, 5.74) is 7.06. The van der Waals surface area contributed by atoms with E-state index in [1.165, 1.54) is 12.1 Å². The average Bonchev–Trinajstić information content (AvgIpc) is 3.39. The molecule has 156 valence electrons. The van der Waals surface area contributed by atoms with Crippen molar-refractivity contribution in [1.82, 2.24) is 21.1 Å². The Bertz CT molecular complexity index is 820. The average molecular weight is 402 g/mol. The third-order valence-corrected chi connectivity index (χ3v) is 5.59. The van der Waals surface area contributed by atoms with E-state index in [1.807, 2.05) is 19.1 Å². The van der Waals surface area contributed by atoms with Crippen molar-refractivity contribution in [1.29, 1.82) is 0 Å². The maximum atomic E-state index is 13.2. The molecule has 3 N–H and O–H groups in total. The van der Waals surface area contributed by atoms with E-state index in [0.29, 0.717) is 26.3 Å². The summed E-state index contributed by atoms with van der Waals surface area (Å²) in [6.45, 7) is 5.83. The number of furan rings is 1. The number of benzene rings is 1. The molecule has 1 aromatic heterocycles. The van der Waals surface area contributed by atoms with E-state index < -0.39 is 0 Å². The first-order valence-corrected chi connectivity index (χ1v) is 10.0. The highest BCUT2D eigenvalue weighted by Gasteiger charge is 2.35. The number of hydrogen-bond acceptors (Lipinski definition) is 6. The number of carbonyl (C=O) groups is 1. The van der Waals surface area contributed by atoms with Crippen LogP contribution in [-0.4, -0.2) is 50.2 Å². The summed E-state index contributed by atoms with van der Waals surface area (Å²) >= 11 is 0. The van der Waals surface area contributed by atoms with Crippen molar-refractivity contribution < 1.29 is 18.3 Å². The smallest absolute Gasteiger partial charge is 0.226 e. The van der Waals surface area contributed by atoms with Crippen molar-refractivity contribution in [2.24, 2.45) is 5.92 Å². The summed E-state index contributed by atoms with van der Waals surface area (Å²) in [5.74, 6) is 1.08. The molecule has 2 aromatic rings. The lowest BCUT2D eigenvalue weighted by Gasteiger charge is -2.33. The molecule has 0 radical (unpaired) electrons. The van der Waals surface area contributed by atoms with E-state index in [1.54, 1.807) is 12.1 Å². The van der Waals surface area contributed by atoms with Gasteiger partial charge in [-0.3, -0.25) is 15.1 Å². The second-order valence-electron chi connectivity index (χ2n) is 7.52. The van der Waals surface area contributed by atoms with E-state index >= 15 is 0 Å². The summed E-state index contributed by atoms with van der Waals surface area (Å²) in [7, 11) is 0. The Morgan fingerprint density at radius 1 is 1.24 bits per heavy atom. The summed E-state index contributed by atoms with van der Waals surface area (Å²) in [6, 6.07) is 9.93. The number of nitrogens with zero attached hydrogens (tertiary/aromatic N) is 1. The van der Waals surface area contributed by atoms with Crippen LogP contribution in [-0.2, 0) is 9.53 Å². The molecule has 0 aliphatic carbocycles. The zero-order chi connectivity index (χ0) is 20.2. The van der Waals surface area contributed by atoms with Crippen molar-refractivity contribution in [2.75, 3.05) is 39.4 Å². The Morgan fingerprint density at radius 2 is 2.00 bits per heavy atom. The molecule has 7 nitrogen and oxygen atoms in total. The number of morpholine rings is 1. The maximum Gasteiger partial charge on any atom is 0.226 e. The molecule has 1 amide bonds. The number of carbonyl (C=O) groups excluding carboxylic acids is 1. The number of aryl methyl sites for hydroxylation is 1. The van der Waals surface area contributed by atoms with Crippen LogP contribution in [0.5, 0.6) is 0 Å². The SMILES string of the molecule is Cc1ccc(C(CNC(=O)C2CNNC2c2ccc(F)cc2)N2CCOCC2)o1. The van der Waals surface area contributed by atoms with Crippen molar-refractivity contribution in [3.05, 3.63) is 59.3 Å². The highest BCUT2D eigenvalue weighted by molar-refractivity contribution is 5.80. The van der Waals surface area contributed by atoms with Gasteiger partial charge in [0, 0.05) is 26.2 Å². The highest BCUT2D eigenvalue weighted by Crippen LogP contribution is 2.27. The Balaban J connectivity index is 1.43. The second kappa shape index (κ2) is 9.04. The van der Waals surface area contributed by atoms with Crippen LogP contribution in [0.15, 0.2) is 40.8 Å². The van der Waals surface area contributed by atoms with Crippen LogP contribution in [0.1, 0.15) is 29.2 Å². The fourth-order valence-electron chi connectivity index (χ4n) is 3.99. The first-order valence-electron chi connectivity index (χ1n) is 10.0. The molecular weight excluding hydrogens is 375 g/mol. The van der Waals surface area contributed by atoms with Crippen LogP contribution in [0.2, 0.25) is 0 Å². The molecule has 0 spiro atoms. The lowest BCUT2D eigenvalue weighted by atomic mass is 9.94. The van der Waals surface area contributed by atoms with Gasteiger partial charge in [0.2, 0.25) is 5.91 Å². The van der Waals surface area contributed by atoms with Gasteiger partial charge in [0.25, 0.3) is 0 Å². The van der Waals surface area contributed by atoms with Crippen molar-refractivity contribution in [3.8, 4) is 0 Å². The number of nitrogens with one attached hydrogen (secondary N) is 3. The number of hydrogen-bond donors (Lipinski definition) is 3. The minimum Gasteiger partial charge on any atom is -0.465 e. The van der Waals surface area contributed by atoms with Crippen LogP contribution in [0.3, 0.4) is 0 Å². The van der Waals surface area contributed by atoms with Gasteiger partial charge in [-0.25, -0.2) is 9.82 Å². The predicted octanol–water partition coefficient (Wildman–Crippen LogP) is 1.68. The van der Waals surface area contributed by atoms with Crippen molar-refractivity contribution >= 4 is 5.91 Å². The number of hydrazine groups is 1. The third-order valence-electron chi connectivity index (χ3n) is 5.59. The predicted molar refractivity (Wildman–Crippen MR) is 105 cm³/mol. The molecule has 2 aliphatic rings. The lowest BCUT2D eigenvalue weighted by Crippen LogP contribution is -2.45. The van der Waals surface area contributed by atoms with E-state index in [9.17, 15) is 9.18 Å². The summed E-state index contributed by atoms with van der Waals surface area (Å²) in [5, 5.41) is 3.11. The van der Waals surface area contributed by atoms with E-state index in [4.69, 9.17) is 9.15 Å². The minimum atomic E-state index is -0.289. The fourth-order valence-corrected chi connectivity index (χ4v) is 3.99. The summed E-state index contributed by atoms with van der Waals surface area (Å²) in [6.07, 6.45) is 0. The fraction of sp³-hybridized carbons (Fsp3) is 0.476. The lowest BCUT2D eigenvalue weighted by molar-refractivity contribution is -0.125. The first-order chi connectivity index (χ1) is 14.1. The quantitative estimate of drug-likeness (QED) is 0.683. The second-order valence-corrected chi connectivity index (χ2v) is 7.52. The number of ether oxygens (including phenoxy) is 1. The van der Waals surface area contributed by atoms with Crippen LogP contribution in [0, 0.1) is 18.7 Å². The van der Waals surface area contributed by atoms with Crippen LogP contribution >= 0.6 is 0 Å². The molecule has 2 saturated heterocycles. The van der Waals surface area contributed by atoms with Gasteiger partial charge in [-0.15, -0.1) is 0 Å². The number of amides is 1. The molecule has 3 unspecified atom stereocenters. The maximum absolute atomic E-state index is 13.2. The van der Waals surface area contributed by atoms with E-state index in [2.05, 4.69) is 21.1 Å². The molecular formula is C21H27FN4O3. The van der Waals surface area contributed by atoms with Gasteiger partial charge >= 0.3 is 0 Å². The Morgan fingerprint density at radius 3 is 2.69 bits per heavy atom. The van der Waals surface area contributed by atoms with Crippen molar-refractivity contribution in [3.63, 3.8) is 0 Å². The monoisotopic (exact) mass is 402 g/mol. The van der Waals surface area contributed by atoms with Gasteiger partial charge in [0.05, 0.1) is 31.2 Å². The van der Waals surface area contributed by atoms with E-state index in [-0.39, 0.29) is 29.7 Å². The topological polar surface area (TPSA) is 78.8 Å². The van der Waals surface area contributed by atoms with Crippen LogP contribution in [0.25, 0.3) is 0 Å². The Hall–Kier alpha value is -2.26. The molecule has 1 aromatic carbocycles. The Kier molecular flexibility index (Phi) is 6.25. The van der Waals surface area contributed by atoms with Gasteiger partial charge < -0.3 is 14.5 Å². The largest absolute Gasteiger partial charge is 0.465 e. The van der Waals surface area contributed by atoms with Crippen LogP contribution in [0.4, 0.5) is 4.39 Å². The molecule has 2 fully saturated rings. The molecule has 0 bridgehead atoms. The van der Waals surface area contributed by atoms with Gasteiger partial charge in [-0.1, -0.05) is 12.1 Å². The summed E-state index contributed by atoms with van der Waals surface area (Å²) < 4.78 is 24.6. The molecule has 8 heteroatoms. The molecule has 3 atom stereocenters. The molecule has 29 heavy (non-hydrogen) atoms. The van der Waals surface area contributed by atoms with Gasteiger partial charge in [0.1, 0.15) is 17.3 Å². The first kappa shape index (κ1) is 20.0. The van der Waals surface area contributed by atoms with Gasteiger partial charge in [-0.05, 0) is 36.8 Å². The Labute approximate surface area is 169 Å². The molecule has 3 heterocycles. The number of rotatable bonds is 6. The zero-order valence-corrected chi connectivity index (χ0v) is 16.5. The van der Waals surface area contributed by atoms with E-state index in [0.717, 1.165) is 30.2 Å². The minimum absolute atomic E-state index is 0.0388. The molecule has 2 aliphatic heterocycles. The number of halogens is 1. The zero-order valence-electron chi connectivity index (χ0n) is 16.5. The third kappa shape index (κ3) is 4.67. The van der Waals surface area contributed by atoms with Gasteiger partial charge in [-0.2, -0.15) is 0 Å². The highest BCUT2D eigenvalue weighted by atomic mass is 19.1. The normalized spacial score (nSPS) is 23.8.